The van der Waals surface area contributed by atoms with Crippen LogP contribution in [0.5, 0.6) is 0 Å². The van der Waals surface area contributed by atoms with Gasteiger partial charge in [0, 0.05) is 54.9 Å². The SMILES string of the molecule is Cc1ccnc(N2CC(Cn3nc(-c4ccncc4)ccc3=O)C2)n1. The lowest BCUT2D eigenvalue weighted by Gasteiger charge is -2.39. The maximum atomic E-state index is 12.1. The number of anilines is 1. The molecule has 0 radical (unpaired) electrons. The standard InChI is InChI=1S/C18H18N6O/c1-13-4-9-20-18(21-13)23-10-14(11-23)12-24-17(25)3-2-16(22-24)15-5-7-19-8-6-15/h2-9,14H,10-12H2,1H3. The molecule has 0 atom stereocenters. The molecule has 0 aliphatic carbocycles. The molecule has 25 heavy (non-hydrogen) atoms. The van der Waals surface area contributed by atoms with E-state index in [0.717, 1.165) is 36.0 Å². The highest BCUT2D eigenvalue weighted by molar-refractivity contribution is 5.57. The topological polar surface area (TPSA) is 76.8 Å². The molecule has 0 unspecified atom stereocenters. The maximum absolute atomic E-state index is 12.1. The van der Waals surface area contributed by atoms with Crippen LogP contribution in [0.2, 0.25) is 0 Å². The molecule has 0 spiro atoms. The zero-order valence-corrected chi connectivity index (χ0v) is 13.9. The first-order valence-corrected chi connectivity index (χ1v) is 8.22. The van der Waals surface area contributed by atoms with E-state index in [2.05, 4.69) is 25.0 Å². The van der Waals surface area contributed by atoms with Crippen LogP contribution in [0.1, 0.15) is 5.69 Å². The Morgan fingerprint density at radius 2 is 1.88 bits per heavy atom. The summed E-state index contributed by atoms with van der Waals surface area (Å²) in [5.41, 5.74) is 2.60. The number of pyridine rings is 1. The monoisotopic (exact) mass is 334 g/mol. The quantitative estimate of drug-likeness (QED) is 0.720. The zero-order chi connectivity index (χ0) is 17.2. The Morgan fingerprint density at radius 3 is 2.64 bits per heavy atom. The lowest BCUT2D eigenvalue weighted by molar-refractivity contribution is 0.331. The number of hydrogen-bond donors (Lipinski definition) is 0. The Balaban J connectivity index is 1.46. The van der Waals surface area contributed by atoms with E-state index in [0.29, 0.717) is 12.5 Å². The normalized spacial score (nSPS) is 14.4. The minimum Gasteiger partial charge on any atom is -0.340 e. The zero-order valence-electron chi connectivity index (χ0n) is 13.9. The van der Waals surface area contributed by atoms with E-state index in [1.165, 1.54) is 0 Å². The summed E-state index contributed by atoms with van der Waals surface area (Å²) >= 11 is 0. The molecule has 1 aliphatic heterocycles. The molecular weight excluding hydrogens is 316 g/mol. The van der Waals surface area contributed by atoms with Gasteiger partial charge < -0.3 is 4.90 Å². The van der Waals surface area contributed by atoms with E-state index in [1.807, 2.05) is 25.1 Å². The third-order valence-electron chi connectivity index (χ3n) is 4.30. The van der Waals surface area contributed by atoms with Crippen molar-refractivity contribution in [3.05, 3.63) is 65.0 Å². The Hall–Kier alpha value is -3.09. The number of hydrogen-bond acceptors (Lipinski definition) is 6. The largest absolute Gasteiger partial charge is 0.340 e. The van der Waals surface area contributed by atoms with E-state index in [9.17, 15) is 4.79 Å². The van der Waals surface area contributed by atoms with Crippen LogP contribution < -0.4 is 10.5 Å². The number of aryl methyl sites for hydroxylation is 1. The molecule has 1 aliphatic rings. The summed E-state index contributed by atoms with van der Waals surface area (Å²) in [6.45, 7) is 4.21. The molecule has 0 N–H and O–H groups in total. The van der Waals surface area contributed by atoms with Gasteiger partial charge in [0.1, 0.15) is 0 Å². The van der Waals surface area contributed by atoms with E-state index < -0.39 is 0 Å². The van der Waals surface area contributed by atoms with E-state index in [-0.39, 0.29) is 5.56 Å². The van der Waals surface area contributed by atoms with Crippen molar-refractivity contribution in [1.29, 1.82) is 0 Å². The molecule has 3 aromatic heterocycles. The van der Waals surface area contributed by atoms with E-state index in [4.69, 9.17) is 0 Å². The molecule has 126 valence electrons. The first-order valence-electron chi connectivity index (χ1n) is 8.22. The van der Waals surface area contributed by atoms with Gasteiger partial charge in [0.05, 0.1) is 12.2 Å². The molecule has 0 bridgehead atoms. The summed E-state index contributed by atoms with van der Waals surface area (Å²) in [5.74, 6) is 1.11. The van der Waals surface area contributed by atoms with Gasteiger partial charge in [-0.05, 0) is 31.2 Å². The molecule has 7 nitrogen and oxygen atoms in total. The highest BCUT2D eigenvalue weighted by Gasteiger charge is 2.29. The molecule has 7 heteroatoms. The van der Waals surface area contributed by atoms with Gasteiger partial charge in [-0.1, -0.05) is 0 Å². The third-order valence-corrected chi connectivity index (χ3v) is 4.30. The van der Waals surface area contributed by atoms with Gasteiger partial charge in [0.2, 0.25) is 5.95 Å². The smallest absolute Gasteiger partial charge is 0.266 e. The average molecular weight is 334 g/mol. The summed E-state index contributed by atoms with van der Waals surface area (Å²) in [5, 5.41) is 4.50. The van der Waals surface area contributed by atoms with Crippen LogP contribution >= 0.6 is 0 Å². The van der Waals surface area contributed by atoms with E-state index in [1.54, 1.807) is 35.4 Å². The number of rotatable bonds is 4. The minimum atomic E-state index is -0.0805. The lowest BCUT2D eigenvalue weighted by Crippen LogP contribution is -2.50. The van der Waals surface area contributed by atoms with Crippen molar-refractivity contribution >= 4 is 5.95 Å². The third kappa shape index (κ3) is 3.26. The summed E-state index contributed by atoms with van der Waals surface area (Å²) in [7, 11) is 0. The molecule has 4 rings (SSSR count). The minimum absolute atomic E-state index is 0.0805. The highest BCUT2D eigenvalue weighted by Crippen LogP contribution is 2.22. The van der Waals surface area contributed by atoms with Gasteiger partial charge in [-0.2, -0.15) is 5.10 Å². The summed E-state index contributed by atoms with van der Waals surface area (Å²) in [6, 6.07) is 8.98. The highest BCUT2D eigenvalue weighted by atomic mass is 16.1. The molecule has 1 saturated heterocycles. The van der Waals surface area contributed by atoms with Crippen molar-refractivity contribution in [3.63, 3.8) is 0 Å². The lowest BCUT2D eigenvalue weighted by atomic mass is 10.0. The van der Waals surface area contributed by atoms with Crippen LogP contribution in [-0.2, 0) is 6.54 Å². The van der Waals surface area contributed by atoms with Crippen molar-refractivity contribution in [3.8, 4) is 11.3 Å². The average Bonchev–Trinajstić information content (AvgIpc) is 2.60. The molecule has 4 heterocycles. The molecule has 0 amide bonds. The van der Waals surface area contributed by atoms with Crippen molar-refractivity contribution in [2.45, 2.75) is 13.5 Å². The van der Waals surface area contributed by atoms with Gasteiger partial charge >= 0.3 is 0 Å². The first-order chi connectivity index (χ1) is 12.2. The fourth-order valence-corrected chi connectivity index (χ4v) is 2.94. The predicted molar refractivity (Wildman–Crippen MR) is 94.2 cm³/mol. The fraction of sp³-hybridized carbons (Fsp3) is 0.278. The van der Waals surface area contributed by atoms with Gasteiger partial charge in [-0.3, -0.25) is 9.78 Å². The Labute approximate surface area is 145 Å². The van der Waals surface area contributed by atoms with Gasteiger partial charge in [0.15, 0.2) is 0 Å². The van der Waals surface area contributed by atoms with Crippen LogP contribution in [0.3, 0.4) is 0 Å². The van der Waals surface area contributed by atoms with Crippen molar-refractivity contribution in [1.82, 2.24) is 24.7 Å². The van der Waals surface area contributed by atoms with Crippen LogP contribution in [0.25, 0.3) is 11.3 Å². The Morgan fingerprint density at radius 1 is 1.08 bits per heavy atom. The summed E-state index contributed by atoms with van der Waals surface area (Å²) in [4.78, 5) is 27.0. The number of aromatic nitrogens is 5. The Bertz CT molecular complexity index is 934. The second kappa shape index (κ2) is 6.43. The molecule has 0 saturated carbocycles. The van der Waals surface area contributed by atoms with Gasteiger partial charge in [-0.25, -0.2) is 14.6 Å². The Kier molecular flexibility index (Phi) is 3.97. The number of nitrogens with zero attached hydrogens (tertiary/aromatic N) is 6. The summed E-state index contributed by atoms with van der Waals surface area (Å²) < 4.78 is 1.55. The van der Waals surface area contributed by atoms with Crippen LogP contribution in [0, 0.1) is 12.8 Å². The van der Waals surface area contributed by atoms with Gasteiger partial charge in [0.25, 0.3) is 5.56 Å². The molecular formula is C18H18N6O. The summed E-state index contributed by atoms with van der Waals surface area (Å²) in [6.07, 6.45) is 5.21. The molecule has 3 aromatic rings. The predicted octanol–water partition coefficient (Wildman–Crippen LogP) is 1.54. The second-order valence-corrected chi connectivity index (χ2v) is 6.24. The van der Waals surface area contributed by atoms with Crippen molar-refractivity contribution in [2.75, 3.05) is 18.0 Å². The van der Waals surface area contributed by atoms with Crippen LogP contribution in [0.15, 0.2) is 53.7 Å². The second-order valence-electron chi connectivity index (χ2n) is 6.24. The van der Waals surface area contributed by atoms with Crippen molar-refractivity contribution in [2.24, 2.45) is 5.92 Å². The molecule has 0 aromatic carbocycles. The van der Waals surface area contributed by atoms with E-state index >= 15 is 0 Å². The van der Waals surface area contributed by atoms with Crippen LogP contribution in [0.4, 0.5) is 5.95 Å². The maximum Gasteiger partial charge on any atom is 0.266 e. The molecule has 1 fully saturated rings. The first kappa shape index (κ1) is 15.4. The van der Waals surface area contributed by atoms with Crippen molar-refractivity contribution < 1.29 is 0 Å². The van der Waals surface area contributed by atoms with Crippen LogP contribution in [-0.4, -0.2) is 37.8 Å². The fourth-order valence-electron chi connectivity index (χ4n) is 2.94. The van der Waals surface area contributed by atoms with Gasteiger partial charge in [-0.15, -0.1) is 0 Å².